The van der Waals surface area contributed by atoms with Crippen molar-refractivity contribution in [1.82, 2.24) is 5.32 Å². The van der Waals surface area contributed by atoms with Crippen LogP contribution in [0.15, 0.2) is 12.1 Å². The molecule has 0 aliphatic carbocycles. The zero-order valence-electron chi connectivity index (χ0n) is 8.80. The van der Waals surface area contributed by atoms with Gasteiger partial charge in [-0.2, -0.15) is 0 Å². The molecule has 1 rings (SSSR count). The number of hydrogen-bond acceptors (Lipinski definition) is 3. The van der Waals surface area contributed by atoms with Gasteiger partial charge in [-0.3, -0.25) is 5.32 Å². The number of rotatable bonds is 4. The molecule has 1 N–H and O–H groups in total. The lowest BCUT2D eigenvalue weighted by Crippen LogP contribution is -2.18. The minimum absolute atomic E-state index is 0.295. The Morgan fingerprint density at radius 3 is 2.40 bits per heavy atom. The number of ether oxygens (including phenoxy) is 2. The molecule has 1 atom stereocenters. The number of methoxy groups -OCH3 is 2. The molecule has 0 aliphatic rings. The van der Waals surface area contributed by atoms with Gasteiger partial charge in [-0.1, -0.05) is 23.2 Å². The van der Waals surface area contributed by atoms with E-state index in [2.05, 4.69) is 5.32 Å². The van der Waals surface area contributed by atoms with Gasteiger partial charge in [0.15, 0.2) is 0 Å². The number of halogens is 2. The van der Waals surface area contributed by atoms with Crippen LogP contribution in [0.3, 0.4) is 0 Å². The van der Waals surface area contributed by atoms with Gasteiger partial charge < -0.3 is 9.47 Å². The molecule has 0 aliphatic heterocycles. The van der Waals surface area contributed by atoms with Crippen molar-refractivity contribution in [2.45, 2.75) is 6.23 Å². The van der Waals surface area contributed by atoms with Gasteiger partial charge in [0.25, 0.3) is 0 Å². The van der Waals surface area contributed by atoms with Crippen LogP contribution in [0.1, 0.15) is 11.8 Å². The Morgan fingerprint density at radius 1 is 1.27 bits per heavy atom. The van der Waals surface area contributed by atoms with E-state index in [4.69, 9.17) is 32.7 Å². The van der Waals surface area contributed by atoms with Crippen molar-refractivity contribution in [3.63, 3.8) is 0 Å². The first kappa shape index (κ1) is 12.6. The van der Waals surface area contributed by atoms with Gasteiger partial charge >= 0.3 is 0 Å². The first-order valence-electron chi connectivity index (χ1n) is 4.37. The highest BCUT2D eigenvalue weighted by Gasteiger charge is 2.17. The lowest BCUT2D eigenvalue weighted by Gasteiger charge is -2.18. The predicted molar refractivity (Wildman–Crippen MR) is 61.8 cm³/mol. The molecule has 0 bridgehead atoms. The third-order valence-corrected chi connectivity index (χ3v) is 2.52. The van der Waals surface area contributed by atoms with E-state index in [1.54, 1.807) is 33.4 Å². The predicted octanol–water partition coefficient (Wildman–Crippen LogP) is 2.87. The molecule has 0 saturated carbocycles. The third kappa shape index (κ3) is 2.75. The summed E-state index contributed by atoms with van der Waals surface area (Å²) in [5, 5.41) is 4.00. The van der Waals surface area contributed by atoms with Crippen LogP contribution in [0, 0.1) is 0 Å². The number of benzene rings is 1. The van der Waals surface area contributed by atoms with Gasteiger partial charge in [-0.25, -0.2) is 0 Å². The van der Waals surface area contributed by atoms with Crippen LogP contribution >= 0.6 is 23.2 Å². The van der Waals surface area contributed by atoms with Gasteiger partial charge in [0.1, 0.15) is 12.0 Å². The normalized spacial score (nSPS) is 12.6. The highest BCUT2D eigenvalue weighted by Crippen LogP contribution is 2.35. The summed E-state index contributed by atoms with van der Waals surface area (Å²) < 4.78 is 10.4. The first-order chi connectivity index (χ1) is 7.13. The van der Waals surface area contributed by atoms with Crippen molar-refractivity contribution in [3.8, 4) is 5.75 Å². The van der Waals surface area contributed by atoms with Crippen molar-refractivity contribution >= 4 is 23.2 Å². The molecule has 0 aromatic heterocycles. The van der Waals surface area contributed by atoms with Crippen molar-refractivity contribution in [2.75, 3.05) is 21.3 Å². The minimum atomic E-state index is -0.295. The first-order valence-corrected chi connectivity index (χ1v) is 5.12. The SMILES string of the molecule is CNC(OC)c1cc(Cl)cc(Cl)c1OC. The zero-order valence-corrected chi connectivity index (χ0v) is 10.3. The number of hydrogen-bond donors (Lipinski definition) is 1. The maximum absolute atomic E-state index is 6.00. The summed E-state index contributed by atoms with van der Waals surface area (Å²) in [4.78, 5) is 0. The molecule has 3 nitrogen and oxygen atoms in total. The van der Waals surface area contributed by atoms with Gasteiger partial charge in [0.05, 0.1) is 12.1 Å². The summed E-state index contributed by atoms with van der Waals surface area (Å²) >= 11 is 11.9. The van der Waals surface area contributed by atoms with Crippen molar-refractivity contribution in [3.05, 3.63) is 27.7 Å². The van der Waals surface area contributed by atoms with Gasteiger partial charge in [-0.05, 0) is 19.2 Å². The molecule has 84 valence electrons. The van der Waals surface area contributed by atoms with Crippen LogP contribution in [-0.2, 0) is 4.74 Å². The third-order valence-electron chi connectivity index (χ3n) is 2.02. The zero-order chi connectivity index (χ0) is 11.4. The van der Waals surface area contributed by atoms with E-state index in [0.717, 1.165) is 5.56 Å². The van der Waals surface area contributed by atoms with Crippen LogP contribution in [-0.4, -0.2) is 21.3 Å². The fraction of sp³-hybridized carbons (Fsp3) is 0.400. The molecule has 0 spiro atoms. The molecular formula is C10H13Cl2NO2. The van der Waals surface area contributed by atoms with E-state index >= 15 is 0 Å². The maximum Gasteiger partial charge on any atom is 0.144 e. The lowest BCUT2D eigenvalue weighted by molar-refractivity contribution is 0.0786. The second-order valence-corrected chi connectivity index (χ2v) is 3.76. The van der Waals surface area contributed by atoms with E-state index in [1.165, 1.54) is 0 Å². The fourth-order valence-corrected chi connectivity index (χ4v) is 1.98. The highest BCUT2D eigenvalue weighted by atomic mass is 35.5. The summed E-state index contributed by atoms with van der Waals surface area (Å²) in [7, 11) is 4.93. The molecule has 5 heteroatoms. The largest absolute Gasteiger partial charge is 0.495 e. The Hall–Kier alpha value is -0.480. The second kappa shape index (κ2) is 5.56. The maximum atomic E-state index is 6.00. The summed E-state index contributed by atoms with van der Waals surface area (Å²) in [5.74, 6) is 0.572. The molecule has 0 fully saturated rings. The molecule has 0 amide bonds. The fourth-order valence-electron chi connectivity index (χ4n) is 1.39. The molecule has 0 heterocycles. The van der Waals surface area contributed by atoms with Crippen molar-refractivity contribution in [1.29, 1.82) is 0 Å². The molecule has 1 aromatic rings. The van der Waals surface area contributed by atoms with Crippen LogP contribution < -0.4 is 10.1 Å². The number of nitrogens with one attached hydrogen (secondary N) is 1. The van der Waals surface area contributed by atoms with Gasteiger partial charge in [0.2, 0.25) is 0 Å². The smallest absolute Gasteiger partial charge is 0.144 e. The van der Waals surface area contributed by atoms with Crippen LogP contribution in [0.4, 0.5) is 0 Å². The Kier molecular flexibility index (Phi) is 4.67. The topological polar surface area (TPSA) is 30.5 Å². The summed E-state index contributed by atoms with van der Waals surface area (Å²) in [5.41, 5.74) is 0.778. The Bertz CT molecular complexity index is 340. The van der Waals surface area contributed by atoms with Crippen LogP contribution in [0.2, 0.25) is 10.0 Å². The average Bonchev–Trinajstić information content (AvgIpc) is 2.19. The molecule has 0 saturated heterocycles. The molecule has 0 radical (unpaired) electrons. The van der Waals surface area contributed by atoms with Crippen LogP contribution in [0.5, 0.6) is 5.75 Å². The van der Waals surface area contributed by atoms with Gasteiger partial charge in [-0.15, -0.1) is 0 Å². The van der Waals surface area contributed by atoms with E-state index in [1.807, 2.05) is 0 Å². The van der Waals surface area contributed by atoms with E-state index in [9.17, 15) is 0 Å². The van der Waals surface area contributed by atoms with Gasteiger partial charge in [0, 0.05) is 17.7 Å². The summed E-state index contributed by atoms with van der Waals surface area (Å²) in [6.07, 6.45) is -0.295. The molecule has 1 unspecified atom stereocenters. The standard InChI is InChI=1S/C10H13Cl2NO2/c1-13-10(15-3)7-4-6(11)5-8(12)9(7)14-2/h4-5,10,13H,1-3H3. The monoisotopic (exact) mass is 249 g/mol. The highest BCUT2D eigenvalue weighted by molar-refractivity contribution is 6.35. The minimum Gasteiger partial charge on any atom is -0.495 e. The molecule has 15 heavy (non-hydrogen) atoms. The van der Waals surface area contributed by atoms with Crippen molar-refractivity contribution in [2.24, 2.45) is 0 Å². The Labute approximate surface area is 99.3 Å². The van der Waals surface area contributed by atoms with Crippen LogP contribution in [0.25, 0.3) is 0 Å². The lowest BCUT2D eigenvalue weighted by atomic mass is 10.1. The van der Waals surface area contributed by atoms with E-state index < -0.39 is 0 Å². The second-order valence-electron chi connectivity index (χ2n) is 2.91. The van der Waals surface area contributed by atoms with E-state index in [0.29, 0.717) is 15.8 Å². The summed E-state index contributed by atoms with van der Waals surface area (Å²) in [6.45, 7) is 0. The molecular weight excluding hydrogens is 237 g/mol. The van der Waals surface area contributed by atoms with Crippen molar-refractivity contribution < 1.29 is 9.47 Å². The Balaban J connectivity index is 3.24. The molecule has 1 aromatic carbocycles. The summed E-state index contributed by atoms with van der Waals surface area (Å²) in [6, 6.07) is 3.39. The van der Waals surface area contributed by atoms with E-state index in [-0.39, 0.29) is 6.23 Å². The average molecular weight is 250 g/mol. The Morgan fingerprint density at radius 2 is 1.93 bits per heavy atom. The quantitative estimate of drug-likeness (QED) is 0.833.